The van der Waals surface area contributed by atoms with Crippen LogP contribution >= 0.6 is 0 Å². The smallest absolute Gasteiger partial charge is 0.274 e. The van der Waals surface area contributed by atoms with Gasteiger partial charge in [-0.05, 0) is 48.7 Å². The number of H-pyrrole nitrogens is 1. The molecule has 0 saturated carbocycles. The zero-order valence-electron chi connectivity index (χ0n) is 13.6. The average Bonchev–Trinajstić information content (AvgIpc) is 2.93. The molecule has 4 nitrogen and oxygen atoms in total. The maximum Gasteiger partial charge on any atom is 0.281 e. The number of aryl methyl sites for hydroxylation is 2. The molecule has 0 saturated heterocycles. The van der Waals surface area contributed by atoms with Crippen LogP contribution in [0.4, 0.5) is 0 Å². The predicted molar refractivity (Wildman–Crippen MR) is 96.6 cm³/mol. The van der Waals surface area contributed by atoms with Gasteiger partial charge in [0.1, 0.15) is 0 Å². The number of nitrogens with zero attached hydrogens (tertiary/aromatic N) is 2. The second-order valence-corrected chi connectivity index (χ2v) is 6.04. The first-order valence-electron chi connectivity index (χ1n) is 7.87. The first-order valence-corrected chi connectivity index (χ1v) is 7.87. The number of hydrogen-bond acceptors (Lipinski definition) is 2. The van der Waals surface area contributed by atoms with Crippen molar-refractivity contribution in [3.05, 3.63) is 82.3 Å². The van der Waals surface area contributed by atoms with Crippen LogP contribution in [-0.4, -0.2) is 14.8 Å². The van der Waals surface area contributed by atoms with Crippen molar-refractivity contribution in [1.29, 1.82) is 0 Å². The summed E-state index contributed by atoms with van der Waals surface area (Å²) >= 11 is 0. The van der Waals surface area contributed by atoms with Crippen molar-refractivity contribution in [3.8, 4) is 16.8 Å². The van der Waals surface area contributed by atoms with E-state index in [2.05, 4.69) is 10.1 Å². The standard InChI is InChI=1S/C20H17N3O/c1-13-6-8-15(9-7-13)17-10-11-21-19-18(17)20(24)23(22-19)16-5-3-4-14(2)12-16/h3-12H,1-2H3,(H,21,22). The van der Waals surface area contributed by atoms with Gasteiger partial charge in [-0.2, -0.15) is 0 Å². The summed E-state index contributed by atoms with van der Waals surface area (Å²) in [5.74, 6) is 0. The minimum Gasteiger partial charge on any atom is -0.274 e. The van der Waals surface area contributed by atoms with Crippen LogP contribution in [0.3, 0.4) is 0 Å². The third-order valence-corrected chi connectivity index (χ3v) is 4.21. The first-order chi connectivity index (χ1) is 11.6. The van der Waals surface area contributed by atoms with Gasteiger partial charge in [-0.1, -0.05) is 42.0 Å². The number of pyridine rings is 1. The lowest BCUT2D eigenvalue weighted by Gasteiger charge is -2.02. The molecule has 0 aliphatic heterocycles. The van der Waals surface area contributed by atoms with Gasteiger partial charge in [-0.25, -0.2) is 9.67 Å². The Balaban J connectivity index is 1.98. The molecule has 0 aliphatic rings. The lowest BCUT2D eigenvalue weighted by atomic mass is 10.0. The maximum atomic E-state index is 13.0. The highest BCUT2D eigenvalue weighted by Gasteiger charge is 2.14. The summed E-state index contributed by atoms with van der Waals surface area (Å²) in [6, 6.07) is 17.9. The summed E-state index contributed by atoms with van der Waals surface area (Å²) in [5.41, 5.74) is 5.53. The molecule has 2 aromatic heterocycles. The van der Waals surface area contributed by atoms with E-state index in [4.69, 9.17) is 0 Å². The van der Waals surface area contributed by atoms with Gasteiger partial charge in [0.15, 0.2) is 5.65 Å². The largest absolute Gasteiger partial charge is 0.281 e. The van der Waals surface area contributed by atoms with Gasteiger partial charge < -0.3 is 0 Å². The Morgan fingerprint density at radius 1 is 0.958 bits per heavy atom. The van der Waals surface area contributed by atoms with Crippen molar-refractivity contribution in [1.82, 2.24) is 14.8 Å². The molecule has 0 spiro atoms. The van der Waals surface area contributed by atoms with E-state index >= 15 is 0 Å². The molecule has 2 heterocycles. The van der Waals surface area contributed by atoms with E-state index in [0.717, 1.165) is 22.4 Å². The van der Waals surface area contributed by atoms with Crippen molar-refractivity contribution in [2.24, 2.45) is 0 Å². The van der Waals surface area contributed by atoms with Crippen LogP contribution in [0.2, 0.25) is 0 Å². The summed E-state index contributed by atoms with van der Waals surface area (Å²) in [7, 11) is 0. The molecular weight excluding hydrogens is 298 g/mol. The van der Waals surface area contributed by atoms with Crippen LogP contribution in [0.15, 0.2) is 65.6 Å². The summed E-state index contributed by atoms with van der Waals surface area (Å²) in [6.45, 7) is 4.06. The number of hydrogen-bond donors (Lipinski definition) is 1. The van der Waals surface area contributed by atoms with Crippen LogP contribution in [0.25, 0.3) is 27.8 Å². The van der Waals surface area contributed by atoms with Crippen LogP contribution < -0.4 is 5.56 Å². The monoisotopic (exact) mass is 315 g/mol. The maximum absolute atomic E-state index is 13.0. The van der Waals surface area contributed by atoms with Gasteiger partial charge in [0, 0.05) is 6.20 Å². The Morgan fingerprint density at radius 2 is 1.75 bits per heavy atom. The number of nitrogens with one attached hydrogen (secondary N) is 1. The lowest BCUT2D eigenvalue weighted by Crippen LogP contribution is -2.14. The summed E-state index contributed by atoms with van der Waals surface area (Å²) < 4.78 is 1.56. The number of aromatic amines is 1. The second-order valence-electron chi connectivity index (χ2n) is 6.04. The molecule has 0 fully saturated rings. The second kappa shape index (κ2) is 5.49. The highest BCUT2D eigenvalue weighted by Crippen LogP contribution is 2.25. The molecule has 4 heteroatoms. The topological polar surface area (TPSA) is 50.7 Å². The molecule has 24 heavy (non-hydrogen) atoms. The molecule has 0 bridgehead atoms. The van der Waals surface area contributed by atoms with Crippen LogP contribution in [0, 0.1) is 13.8 Å². The molecule has 0 radical (unpaired) electrons. The van der Waals surface area contributed by atoms with E-state index in [0.29, 0.717) is 11.0 Å². The van der Waals surface area contributed by atoms with Gasteiger partial charge >= 0.3 is 0 Å². The molecular formula is C20H17N3O. The van der Waals surface area contributed by atoms with Gasteiger partial charge in [0.2, 0.25) is 0 Å². The summed E-state index contributed by atoms with van der Waals surface area (Å²) in [6.07, 6.45) is 1.73. The van der Waals surface area contributed by atoms with Crippen molar-refractivity contribution in [3.63, 3.8) is 0 Å². The molecule has 0 aliphatic carbocycles. The fraction of sp³-hybridized carbons (Fsp3) is 0.100. The number of aromatic nitrogens is 3. The third kappa shape index (κ3) is 2.33. The van der Waals surface area contributed by atoms with Gasteiger partial charge in [-0.3, -0.25) is 9.89 Å². The molecule has 0 amide bonds. The minimum atomic E-state index is -0.0840. The molecule has 4 aromatic rings. The Hall–Kier alpha value is -3.14. The van der Waals surface area contributed by atoms with Crippen LogP contribution in [0.5, 0.6) is 0 Å². The molecule has 1 N–H and O–H groups in total. The van der Waals surface area contributed by atoms with E-state index in [9.17, 15) is 4.79 Å². The molecule has 118 valence electrons. The Bertz CT molecular complexity index is 1090. The van der Waals surface area contributed by atoms with Gasteiger partial charge in [0.25, 0.3) is 5.56 Å². The van der Waals surface area contributed by atoms with Gasteiger partial charge in [-0.15, -0.1) is 0 Å². The van der Waals surface area contributed by atoms with Crippen molar-refractivity contribution >= 4 is 11.0 Å². The van der Waals surface area contributed by atoms with Crippen molar-refractivity contribution in [2.45, 2.75) is 13.8 Å². The molecule has 2 aromatic carbocycles. The minimum absolute atomic E-state index is 0.0840. The lowest BCUT2D eigenvalue weighted by molar-refractivity contribution is 0.857. The summed E-state index contributed by atoms with van der Waals surface area (Å²) in [5, 5.41) is 3.74. The predicted octanol–water partition coefficient (Wildman–Crippen LogP) is 4.00. The van der Waals surface area contributed by atoms with E-state index in [1.165, 1.54) is 5.56 Å². The normalized spacial score (nSPS) is 11.1. The van der Waals surface area contributed by atoms with Crippen LogP contribution in [-0.2, 0) is 0 Å². The third-order valence-electron chi connectivity index (χ3n) is 4.21. The SMILES string of the molecule is Cc1ccc(-c2ccnc3[nH]n(-c4cccc(C)c4)c(=O)c23)cc1. The summed E-state index contributed by atoms with van der Waals surface area (Å²) in [4.78, 5) is 17.3. The van der Waals surface area contributed by atoms with Crippen LogP contribution in [0.1, 0.15) is 11.1 Å². The Kier molecular flexibility index (Phi) is 3.31. The zero-order valence-corrected chi connectivity index (χ0v) is 13.6. The highest BCUT2D eigenvalue weighted by atomic mass is 16.1. The van der Waals surface area contributed by atoms with Gasteiger partial charge in [0.05, 0.1) is 11.1 Å². The quantitative estimate of drug-likeness (QED) is 0.608. The molecule has 4 rings (SSSR count). The number of benzene rings is 2. The molecule has 0 unspecified atom stereocenters. The fourth-order valence-corrected chi connectivity index (χ4v) is 2.95. The molecule has 0 atom stereocenters. The number of rotatable bonds is 2. The van der Waals surface area contributed by atoms with Crippen molar-refractivity contribution < 1.29 is 0 Å². The highest BCUT2D eigenvalue weighted by molar-refractivity contribution is 5.92. The van der Waals surface area contributed by atoms with E-state index in [1.54, 1.807) is 10.9 Å². The fourth-order valence-electron chi connectivity index (χ4n) is 2.95. The average molecular weight is 315 g/mol. The van der Waals surface area contributed by atoms with E-state index in [1.807, 2.05) is 68.4 Å². The zero-order chi connectivity index (χ0) is 16.7. The van der Waals surface area contributed by atoms with E-state index in [-0.39, 0.29) is 5.56 Å². The van der Waals surface area contributed by atoms with Crippen molar-refractivity contribution in [2.75, 3.05) is 0 Å². The number of fused-ring (bicyclic) bond motifs is 1. The van der Waals surface area contributed by atoms with E-state index < -0.39 is 0 Å². The Labute approximate surface area is 139 Å². The Morgan fingerprint density at radius 3 is 2.50 bits per heavy atom. The first kappa shape index (κ1) is 14.5.